The van der Waals surface area contributed by atoms with E-state index in [1.54, 1.807) is 37.3 Å². The molecule has 0 aromatic heterocycles. The topological polar surface area (TPSA) is 106 Å². The second-order valence-electron chi connectivity index (χ2n) is 6.31. The first-order valence-electron chi connectivity index (χ1n) is 8.46. The molecule has 0 fully saturated rings. The minimum Gasteiger partial charge on any atom is -0.480 e. The third-order valence-electron chi connectivity index (χ3n) is 4.23. The van der Waals surface area contributed by atoms with E-state index in [4.69, 9.17) is 0 Å². The number of hydrogen-bond acceptors (Lipinski definition) is 5. The summed E-state index contributed by atoms with van der Waals surface area (Å²) in [6.45, 7) is 1.80. The van der Waals surface area contributed by atoms with Crippen LogP contribution in [0.3, 0.4) is 0 Å². The molecule has 27 heavy (non-hydrogen) atoms. The fraction of sp³-hybridized carbons (Fsp3) is 0.316. The first-order valence-corrected chi connectivity index (χ1v) is 11.7. The molecule has 0 aliphatic heterocycles. The van der Waals surface area contributed by atoms with E-state index in [2.05, 4.69) is 0 Å². The van der Waals surface area contributed by atoms with Gasteiger partial charge in [-0.15, -0.1) is 0 Å². The fourth-order valence-corrected chi connectivity index (χ4v) is 5.65. The first-order chi connectivity index (χ1) is 12.6. The van der Waals surface area contributed by atoms with Gasteiger partial charge in [0.2, 0.25) is 0 Å². The van der Waals surface area contributed by atoms with Gasteiger partial charge < -0.3 is 5.11 Å². The molecule has 146 valence electrons. The average molecular weight is 411 g/mol. The molecule has 2 aromatic carbocycles. The molecule has 8 heteroatoms. The smallest absolute Gasteiger partial charge is 0.322 e. The van der Waals surface area contributed by atoms with Gasteiger partial charge in [0.25, 0.3) is 0 Å². The van der Waals surface area contributed by atoms with Gasteiger partial charge in [0.1, 0.15) is 0 Å². The van der Waals surface area contributed by atoms with Crippen molar-refractivity contribution in [1.29, 1.82) is 0 Å². The van der Waals surface area contributed by atoms with Crippen molar-refractivity contribution >= 4 is 25.6 Å². The molecule has 0 bridgehead atoms. The Hall–Kier alpha value is -2.19. The summed E-state index contributed by atoms with van der Waals surface area (Å²) in [5.41, 5.74) is 0.868. The highest BCUT2D eigenvalue weighted by atomic mass is 32.2. The van der Waals surface area contributed by atoms with Crippen molar-refractivity contribution in [3.63, 3.8) is 0 Å². The molecule has 1 N–H and O–H groups in total. The number of aliphatic carboxylic acids is 1. The van der Waals surface area contributed by atoms with Gasteiger partial charge in [-0.2, -0.15) is 0 Å². The van der Waals surface area contributed by atoms with E-state index in [-0.39, 0.29) is 34.8 Å². The second kappa shape index (κ2) is 8.67. The van der Waals surface area contributed by atoms with Gasteiger partial charge in [-0.25, -0.2) is 16.8 Å². The van der Waals surface area contributed by atoms with Crippen molar-refractivity contribution in [3.8, 4) is 0 Å². The number of aryl methyl sites for hydroxylation is 1. The molecular weight excluding hydrogens is 388 g/mol. The summed E-state index contributed by atoms with van der Waals surface area (Å²) in [5, 5.41) is 7.77. The lowest BCUT2D eigenvalue weighted by atomic mass is 10.2. The molecule has 0 spiro atoms. The molecule has 0 heterocycles. The molecule has 0 radical (unpaired) electrons. The van der Waals surface area contributed by atoms with Crippen LogP contribution in [0.4, 0.5) is 0 Å². The van der Waals surface area contributed by atoms with Crippen molar-refractivity contribution in [2.45, 2.75) is 41.2 Å². The van der Waals surface area contributed by atoms with E-state index < -0.39 is 30.9 Å². The largest absolute Gasteiger partial charge is 0.480 e. The number of carboxylic acid groups (broad SMARTS) is 1. The van der Waals surface area contributed by atoms with Crippen LogP contribution in [-0.4, -0.2) is 38.9 Å². The van der Waals surface area contributed by atoms with E-state index in [0.717, 1.165) is 5.56 Å². The lowest BCUT2D eigenvalue weighted by molar-refractivity contribution is -0.136. The predicted octanol–water partition coefficient (Wildman–Crippen LogP) is 2.87. The number of carboxylic acids is 1. The minimum absolute atomic E-state index is 0.0441. The van der Waals surface area contributed by atoms with E-state index in [9.17, 15) is 26.7 Å². The van der Waals surface area contributed by atoms with E-state index in [0.29, 0.717) is 0 Å². The summed E-state index contributed by atoms with van der Waals surface area (Å²) in [6.07, 6.45) is 0.217. The predicted molar refractivity (Wildman–Crippen MR) is 102 cm³/mol. The van der Waals surface area contributed by atoms with Gasteiger partial charge in [-0.1, -0.05) is 42.3 Å². The minimum atomic E-state index is -4.03. The summed E-state index contributed by atoms with van der Waals surface area (Å²) < 4.78 is 49.7. The Bertz CT molecular complexity index is 978. The Morgan fingerprint density at radius 3 is 2.04 bits per heavy atom. The third-order valence-corrected chi connectivity index (χ3v) is 8.16. The van der Waals surface area contributed by atoms with Crippen LogP contribution in [-0.2, 0) is 24.5 Å². The lowest BCUT2D eigenvalue weighted by Gasteiger charge is -2.14. The molecule has 0 aliphatic rings. The fourth-order valence-electron chi connectivity index (χ4n) is 2.67. The SMILES string of the molecule is Cc1ccc(S(=O)(=O)C(CCCCS(=O)(=O)c2ccccc2)C(=O)O)cc1. The number of benzene rings is 2. The third kappa shape index (κ3) is 5.40. The quantitative estimate of drug-likeness (QED) is 0.637. The Morgan fingerprint density at radius 1 is 0.889 bits per heavy atom. The normalized spacial score (nSPS) is 13.2. The molecule has 6 nitrogen and oxygen atoms in total. The number of sulfone groups is 2. The summed E-state index contributed by atoms with van der Waals surface area (Å²) in [6, 6.07) is 14.0. The van der Waals surface area contributed by atoms with Crippen LogP contribution in [0.5, 0.6) is 0 Å². The summed E-state index contributed by atoms with van der Waals surface area (Å²) in [7, 11) is -7.50. The Morgan fingerprint density at radius 2 is 1.48 bits per heavy atom. The Balaban J connectivity index is 2.03. The summed E-state index contributed by atoms with van der Waals surface area (Å²) >= 11 is 0. The highest BCUT2D eigenvalue weighted by molar-refractivity contribution is 7.92. The molecule has 1 atom stereocenters. The number of hydrogen-bond donors (Lipinski definition) is 1. The number of rotatable bonds is 9. The number of unbranched alkanes of at least 4 members (excludes halogenated alkanes) is 1. The molecule has 1 unspecified atom stereocenters. The number of carbonyl (C=O) groups is 1. The van der Waals surface area contributed by atoms with Gasteiger partial charge in [-0.3, -0.25) is 4.79 Å². The highest BCUT2D eigenvalue weighted by Crippen LogP contribution is 2.22. The maximum atomic E-state index is 12.6. The standard InChI is InChI=1S/C19H22O6S2/c1-15-10-12-17(13-11-15)27(24,25)18(19(20)21)9-5-6-14-26(22,23)16-7-3-2-4-8-16/h2-4,7-8,10-13,18H,5-6,9,14H2,1H3,(H,20,21). The van der Waals surface area contributed by atoms with Gasteiger partial charge in [0, 0.05) is 0 Å². The van der Waals surface area contributed by atoms with Crippen LogP contribution in [0, 0.1) is 6.92 Å². The second-order valence-corrected chi connectivity index (χ2v) is 10.6. The molecule has 0 saturated heterocycles. The van der Waals surface area contributed by atoms with Crippen LogP contribution < -0.4 is 0 Å². The average Bonchev–Trinajstić information content (AvgIpc) is 2.62. The van der Waals surface area contributed by atoms with E-state index in [1.807, 2.05) is 0 Å². The van der Waals surface area contributed by atoms with Gasteiger partial charge >= 0.3 is 5.97 Å². The van der Waals surface area contributed by atoms with Crippen molar-refractivity contribution in [2.75, 3.05) is 5.75 Å². The molecule has 2 aromatic rings. The van der Waals surface area contributed by atoms with Crippen molar-refractivity contribution < 1.29 is 26.7 Å². The van der Waals surface area contributed by atoms with Gasteiger partial charge in [0.15, 0.2) is 24.9 Å². The Labute approximate surface area is 159 Å². The van der Waals surface area contributed by atoms with E-state index >= 15 is 0 Å². The zero-order valence-corrected chi connectivity index (χ0v) is 16.5. The van der Waals surface area contributed by atoms with Gasteiger partial charge in [-0.05, 0) is 44.0 Å². The van der Waals surface area contributed by atoms with Crippen LogP contribution >= 0.6 is 0 Å². The van der Waals surface area contributed by atoms with Crippen molar-refractivity contribution in [1.82, 2.24) is 0 Å². The maximum absolute atomic E-state index is 12.6. The maximum Gasteiger partial charge on any atom is 0.322 e. The van der Waals surface area contributed by atoms with Crippen molar-refractivity contribution in [3.05, 3.63) is 60.2 Å². The Kier molecular flexibility index (Phi) is 6.78. The summed E-state index contributed by atoms with van der Waals surface area (Å²) in [4.78, 5) is 11.7. The molecule has 0 aliphatic carbocycles. The zero-order valence-electron chi connectivity index (χ0n) is 14.9. The van der Waals surface area contributed by atoms with Crippen LogP contribution in [0.1, 0.15) is 24.8 Å². The molecular formula is C19H22O6S2. The van der Waals surface area contributed by atoms with E-state index in [1.165, 1.54) is 24.3 Å². The monoisotopic (exact) mass is 410 g/mol. The zero-order chi connectivity index (χ0) is 20.1. The van der Waals surface area contributed by atoms with Crippen LogP contribution in [0.25, 0.3) is 0 Å². The molecule has 0 saturated carbocycles. The van der Waals surface area contributed by atoms with Gasteiger partial charge in [0.05, 0.1) is 15.5 Å². The lowest BCUT2D eigenvalue weighted by Crippen LogP contribution is -2.30. The highest BCUT2D eigenvalue weighted by Gasteiger charge is 2.33. The van der Waals surface area contributed by atoms with Crippen LogP contribution in [0.15, 0.2) is 64.4 Å². The molecule has 2 rings (SSSR count). The van der Waals surface area contributed by atoms with Crippen molar-refractivity contribution in [2.24, 2.45) is 0 Å². The first kappa shape index (κ1) is 21.1. The van der Waals surface area contributed by atoms with Crippen LogP contribution in [0.2, 0.25) is 0 Å². The molecule has 0 amide bonds. The summed E-state index contributed by atoms with van der Waals surface area (Å²) in [5.74, 6) is -1.59.